The first-order valence-electron chi connectivity index (χ1n) is 7.56. The van der Waals surface area contributed by atoms with Crippen molar-refractivity contribution in [3.8, 4) is 0 Å². The third kappa shape index (κ3) is 3.30. The van der Waals surface area contributed by atoms with Gasteiger partial charge in [0.25, 0.3) is 5.91 Å². The number of aromatic nitrogens is 1. The molecule has 0 aromatic carbocycles. The van der Waals surface area contributed by atoms with E-state index in [4.69, 9.17) is 0 Å². The Bertz CT molecular complexity index is 1080. The second kappa shape index (κ2) is 7.33. The van der Waals surface area contributed by atoms with Gasteiger partial charge in [-0.25, -0.2) is 8.42 Å². The third-order valence-corrected chi connectivity index (χ3v) is 6.95. The monoisotopic (exact) mass is 410 g/mol. The summed E-state index contributed by atoms with van der Waals surface area (Å²) in [5.74, 6) is -2.71. The van der Waals surface area contributed by atoms with Gasteiger partial charge in [0.1, 0.15) is 0 Å². The molecule has 0 radical (unpaired) electrons. The molecule has 0 unspecified atom stereocenters. The van der Waals surface area contributed by atoms with Gasteiger partial charge in [-0.05, 0) is 29.7 Å². The number of fused-ring (bicyclic) bond motifs is 1. The fourth-order valence-corrected chi connectivity index (χ4v) is 5.90. The van der Waals surface area contributed by atoms with Crippen molar-refractivity contribution in [1.82, 2.24) is 9.88 Å². The zero-order chi connectivity index (χ0) is 18.5. The predicted molar refractivity (Wildman–Crippen MR) is 92.9 cm³/mol. The SMILES string of the molecule is O=C([O-])C1=C(c2cccs2)CS(=O)(=O)[C@@H]2/C(=C\c3ccccn3)C(=O)N12.[Na+]. The molecule has 132 valence electrons. The predicted octanol–water partition coefficient (Wildman–Crippen LogP) is -2.71. The Morgan fingerprint density at radius 3 is 2.67 bits per heavy atom. The van der Waals surface area contributed by atoms with Gasteiger partial charge in [-0.3, -0.25) is 14.7 Å². The first-order chi connectivity index (χ1) is 12.4. The van der Waals surface area contributed by atoms with Gasteiger partial charge in [0, 0.05) is 16.6 Å². The minimum absolute atomic E-state index is 0. The van der Waals surface area contributed by atoms with Crippen LogP contribution in [0.5, 0.6) is 0 Å². The average Bonchev–Trinajstić information content (AvgIpc) is 3.13. The number of sulfone groups is 1. The number of hydrogen-bond donors (Lipinski definition) is 0. The molecule has 0 saturated carbocycles. The molecular weight excluding hydrogens is 399 g/mol. The fraction of sp³-hybridized carbons (Fsp3) is 0.118. The van der Waals surface area contributed by atoms with E-state index in [1.54, 1.807) is 35.7 Å². The smallest absolute Gasteiger partial charge is 0.543 e. The maximum atomic E-state index is 12.8. The summed E-state index contributed by atoms with van der Waals surface area (Å²) < 4.78 is 25.5. The topological polar surface area (TPSA) is 107 Å². The molecule has 0 aliphatic carbocycles. The molecule has 2 aliphatic heterocycles. The number of carbonyl (C=O) groups is 2. The van der Waals surface area contributed by atoms with Crippen molar-refractivity contribution in [3.05, 3.63) is 63.7 Å². The van der Waals surface area contributed by atoms with Gasteiger partial charge in [-0.1, -0.05) is 12.1 Å². The van der Waals surface area contributed by atoms with Crippen LogP contribution in [0.2, 0.25) is 0 Å². The summed E-state index contributed by atoms with van der Waals surface area (Å²) in [6.07, 6.45) is 2.90. The Morgan fingerprint density at radius 1 is 1.30 bits per heavy atom. The van der Waals surface area contributed by atoms with Gasteiger partial charge in [-0.15, -0.1) is 11.3 Å². The maximum Gasteiger partial charge on any atom is 1.00 e. The molecule has 10 heteroatoms. The molecule has 2 aromatic rings. The van der Waals surface area contributed by atoms with Crippen LogP contribution < -0.4 is 34.7 Å². The van der Waals surface area contributed by atoms with E-state index in [-0.39, 0.29) is 46.4 Å². The molecule has 1 saturated heterocycles. The van der Waals surface area contributed by atoms with Gasteiger partial charge < -0.3 is 9.90 Å². The first kappa shape index (κ1) is 20.0. The van der Waals surface area contributed by atoms with Crippen molar-refractivity contribution in [2.75, 3.05) is 5.75 Å². The minimum Gasteiger partial charge on any atom is -0.543 e. The number of carbonyl (C=O) groups excluding carboxylic acids is 2. The Labute approximate surface area is 181 Å². The summed E-state index contributed by atoms with van der Waals surface area (Å²) in [5.41, 5.74) is 0.137. The van der Waals surface area contributed by atoms with E-state index >= 15 is 0 Å². The van der Waals surface area contributed by atoms with E-state index in [1.165, 1.54) is 23.6 Å². The standard InChI is InChI=1S/C17H12N2O5S2.Na/c20-15-11(8-10-4-1-2-6-18-10)16-19(15)14(17(21)22)12(9-26(16,23)24)13-5-3-7-25-13;/h1-8,16H,9H2,(H,21,22);/q;+1/p-1/b11-8-;/t16-;/m1./s1. The van der Waals surface area contributed by atoms with Crippen LogP contribution in [0.25, 0.3) is 11.6 Å². The van der Waals surface area contributed by atoms with E-state index in [1.807, 2.05) is 0 Å². The molecule has 1 atom stereocenters. The number of hydrogen-bond acceptors (Lipinski definition) is 7. The van der Waals surface area contributed by atoms with Gasteiger partial charge in [-0.2, -0.15) is 0 Å². The van der Waals surface area contributed by atoms with Crippen molar-refractivity contribution in [1.29, 1.82) is 0 Å². The Hall–Kier alpha value is -1.78. The molecule has 4 rings (SSSR count). The molecule has 1 fully saturated rings. The van der Waals surface area contributed by atoms with Gasteiger partial charge >= 0.3 is 29.6 Å². The number of carboxylic acid groups (broad SMARTS) is 1. The summed E-state index contributed by atoms with van der Waals surface area (Å²) in [4.78, 5) is 29.6. The van der Waals surface area contributed by atoms with Crippen LogP contribution in [-0.4, -0.2) is 41.3 Å². The molecule has 0 bridgehead atoms. The van der Waals surface area contributed by atoms with E-state index in [9.17, 15) is 23.1 Å². The number of nitrogens with zero attached hydrogens (tertiary/aromatic N) is 2. The Balaban J connectivity index is 0.00000210. The van der Waals surface area contributed by atoms with Crippen molar-refractivity contribution < 1.29 is 52.7 Å². The maximum absolute atomic E-state index is 12.8. The van der Waals surface area contributed by atoms with Crippen molar-refractivity contribution >= 4 is 44.7 Å². The number of amides is 1. The van der Waals surface area contributed by atoms with Crippen LogP contribution in [0.3, 0.4) is 0 Å². The molecular formula is C17H11N2NaO5S2. The van der Waals surface area contributed by atoms with Crippen LogP contribution in [-0.2, 0) is 19.4 Å². The van der Waals surface area contributed by atoms with E-state index in [0.29, 0.717) is 10.6 Å². The molecule has 0 N–H and O–H groups in total. The third-order valence-electron chi connectivity index (χ3n) is 4.18. The van der Waals surface area contributed by atoms with Crippen LogP contribution in [0.4, 0.5) is 0 Å². The second-order valence-electron chi connectivity index (χ2n) is 5.78. The zero-order valence-corrected chi connectivity index (χ0v) is 17.8. The number of pyridine rings is 1. The quantitative estimate of drug-likeness (QED) is 0.309. The van der Waals surface area contributed by atoms with Crippen molar-refractivity contribution in [2.24, 2.45) is 0 Å². The largest absolute Gasteiger partial charge is 1.00 e. The number of aliphatic carboxylic acids is 1. The molecule has 4 heterocycles. The van der Waals surface area contributed by atoms with Crippen molar-refractivity contribution in [3.63, 3.8) is 0 Å². The molecule has 1 amide bonds. The van der Waals surface area contributed by atoms with E-state index in [2.05, 4.69) is 4.98 Å². The number of carboxylic acids is 1. The number of β-lactam (4-membered cyclic amide) rings is 1. The fourth-order valence-electron chi connectivity index (χ4n) is 3.10. The van der Waals surface area contributed by atoms with Gasteiger partial charge in [0.05, 0.1) is 28.7 Å². The van der Waals surface area contributed by atoms with Crippen LogP contribution in [0, 0.1) is 0 Å². The summed E-state index contributed by atoms with van der Waals surface area (Å²) in [5, 5.41) is 12.1. The second-order valence-corrected chi connectivity index (χ2v) is 8.79. The Kier molecular flexibility index (Phi) is 5.42. The van der Waals surface area contributed by atoms with Gasteiger partial charge in [0.15, 0.2) is 15.2 Å². The Morgan fingerprint density at radius 2 is 2.07 bits per heavy atom. The summed E-state index contributed by atoms with van der Waals surface area (Å²) in [6, 6.07) is 8.33. The summed E-state index contributed by atoms with van der Waals surface area (Å²) in [7, 11) is -3.80. The molecule has 2 aromatic heterocycles. The normalized spacial score (nSPS) is 22.1. The molecule has 27 heavy (non-hydrogen) atoms. The van der Waals surface area contributed by atoms with E-state index in [0.717, 1.165) is 4.90 Å². The summed E-state index contributed by atoms with van der Waals surface area (Å²) >= 11 is 1.21. The van der Waals surface area contributed by atoms with Crippen LogP contribution in [0.1, 0.15) is 10.6 Å². The van der Waals surface area contributed by atoms with Crippen LogP contribution in [0.15, 0.2) is 53.2 Å². The number of thiophene rings is 1. The molecule has 7 nitrogen and oxygen atoms in total. The van der Waals surface area contributed by atoms with Crippen molar-refractivity contribution in [2.45, 2.75) is 5.37 Å². The van der Waals surface area contributed by atoms with E-state index < -0.39 is 32.8 Å². The zero-order valence-electron chi connectivity index (χ0n) is 14.2. The molecule has 2 aliphatic rings. The average molecular weight is 410 g/mol. The number of rotatable bonds is 3. The molecule has 0 spiro atoms. The van der Waals surface area contributed by atoms with Crippen LogP contribution >= 0.6 is 11.3 Å². The first-order valence-corrected chi connectivity index (χ1v) is 10.2. The summed E-state index contributed by atoms with van der Waals surface area (Å²) in [6.45, 7) is 0. The van der Waals surface area contributed by atoms with Gasteiger partial charge in [0.2, 0.25) is 0 Å². The minimum atomic E-state index is -3.80.